The molecule has 2 rings (SSSR count). The van der Waals surface area contributed by atoms with E-state index in [1.165, 1.54) is 10.1 Å². The molecule has 0 aliphatic carbocycles. The van der Waals surface area contributed by atoms with Crippen molar-refractivity contribution in [3.8, 4) is 5.75 Å². The van der Waals surface area contributed by atoms with E-state index in [1.54, 1.807) is 18.4 Å². The van der Waals surface area contributed by atoms with Crippen LogP contribution in [0.3, 0.4) is 0 Å². The van der Waals surface area contributed by atoms with E-state index in [4.69, 9.17) is 4.74 Å². The van der Waals surface area contributed by atoms with Gasteiger partial charge in [-0.2, -0.15) is 0 Å². The number of thiophene rings is 1. The molecule has 0 saturated carbocycles. The summed E-state index contributed by atoms with van der Waals surface area (Å²) in [5.74, 6) is 0.931. The molecule has 0 saturated heterocycles. The van der Waals surface area contributed by atoms with Gasteiger partial charge in [-0.15, -0.1) is 11.3 Å². The van der Waals surface area contributed by atoms with Crippen LogP contribution in [0.25, 0.3) is 10.1 Å². The Morgan fingerprint density at radius 2 is 2.25 bits per heavy atom. The van der Waals surface area contributed by atoms with Crippen LogP contribution < -0.4 is 4.74 Å². The fraction of sp³-hybridized carbons (Fsp3) is 0.111. The highest BCUT2D eigenvalue weighted by Gasteiger charge is 2.05. The third-order valence-electron chi connectivity index (χ3n) is 1.74. The summed E-state index contributed by atoms with van der Waals surface area (Å²) in [5.41, 5.74) is 0. The average Bonchev–Trinajstić information content (AvgIpc) is 2.48. The quantitative estimate of drug-likeness (QED) is 0.742. The van der Waals surface area contributed by atoms with Crippen LogP contribution in [-0.4, -0.2) is 7.11 Å². The molecule has 0 amide bonds. The Hall–Kier alpha value is -0.540. The normalized spacial score (nSPS) is 10.5. The Kier molecular flexibility index (Phi) is 2.07. The Morgan fingerprint density at radius 1 is 1.42 bits per heavy atom. The molecule has 62 valence electrons. The Morgan fingerprint density at radius 3 is 3.00 bits per heavy atom. The maximum absolute atomic E-state index is 5.24. The van der Waals surface area contributed by atoms with E-state index in [-0.39, 0.29) is 0 Å². The number of benzene rings is 1. The summed E-state index contributed by atoms with van der Waals surface area (Å²) in [5, 5.41) is 3.25. The minimum atomic E-state index is 0.931. The van der Waals surface area contributed by atoms with Crippen molar-refractivity contribution in [3.05, 3.63) is 28.1 Å². The Bertz CT molecular complexity index is 408. The minimum absolute atomic E-state index is 0.931. The zero-order valence-corrected chi connectivity index (χ0v) is 8.91. The van der Waals surface area contributed by atoms with Crippen LogP contribution in [-0.2, 0) is 0 Å². The number of fused-ring (bicyclic) bond motifs is 1. The topological polar surface area (TPSA) is 9.23 Å². The van der Waals surface area contributed by atoms with Crippen molar-refractivity contribution in [2.24, 2.45) is 0 Å². The highest BCUT2D eigenvalue weighted by molar-refractivity contribution is 9.10. The second-order valence-corrected chi connectivity index (χ2v) is 4.18. The first-order valence-electron chi connectivity index (χ1n) is 3.52. The van der Waals surface area contributed by atoms with Crippen LogP contribution in [0.5, 0.6) is 5.75 Å². The Labute approximate surface area is 83.1 Å². The summed E-state index contributed by atoms with van der Waals surface area (Å²) >= 11 is 5.21. The van der Waals surface area contributed by atoms with E-state index in [1.807, 2.05) is 12.1 Å². The lowest BCUT2D eigenvalue weighted by atomic mass is 10.2. The van der Waals surface area contributed by atoms with Crippen LogP contribution in [0.2, 0.25) is 0 Å². The molecule has 0 atom stereocenters. The molecule has 12 heavy (non-hydrogen) atoms. The largest absolute Gasteiger partial charge is 0.496 e. The fourth-order valence-electron chi connectivity index (χ4n) is 1.19. The molecule has 1 aromatic carbocycles. The SMILES string of the molecule is COc1cccc2scc(Br)c12. The van der Waals surface area contributed by atoms with Gasteiger partial charge in [0.2, 0.25) is 0 Å². The van der Waals surface area contributed by atoms with Crippen molar-refractivity contribution >= 4 is 37.4 Å². The molecule has 1 aromatic heterocycles. The second-order valence-electron chi connectivity index (χ2n) is 2.42. The first-order valence-corrected chi connectivity index (χ1v) is 5.20. The molecule has 0 radical (unpaired) electrons. The maximum Gasteiger partial charge on any atom is 0.128 e. The summed E-state index contributed by atoms with van der Waals surface area (Å²) < 4.78 is 7.61. The fourth-order valence-corrected chi connectivity index (χ4v) is 2.84. The molecule has 0 spiro atoms. The lowest BCUT2D eigenvalue weighted by molar-refractivity contribution is 0.420. The molecule has 0 unspecified atom stereocenters. The highest BCUT2D eigenvalue weighted by Crippen LogP contribution is 2.36. The maximum atomic E-state index is 5.24. The predicted molar refractivity (Wildman–Crippen MR) is 56.1 cm³/mol. The van der Waals surface area contributed by atoms with Crippen LogP contribution in [0.1, 0.15) is 0 Å². The molecular weight excluding hydrogens is 236 g/mol. The van der Waals surface area contributed by atoms with Gasteiger partial charge < -0.3 is 4.74 Å². The van der Waals surface area contributed by atoms with Crippen LogP contribution in [0.4, 0.5) is 0 Å². The number of halogens is 1. The third kappa shape index (κ3) is 1.13. The van der Waals surface area contributed by atoms with Gasteiger partial charge in [0.1, 0.15) is 5.75 Å². The summed E-state index contributed by atoms with van der Waals surface area (Å²) in [6, 6.07) is 6.07. The van der Waals surface area contributed by atoms with Gasteiger partial charge in [0.15, 0.2) is 0 Å². The zero-order valence-electron chi connectivity index (χ0n) is 6.50. The number of hydrogen-bond acceptors (Lipinski definition) is 2. The van der Waals surface area contributed by atoms with Gasteiger partial charge in [-0.1, -0.05) is 6.07 Å². The lowest BCUT2D eigenvalue weighted by Crippen LogP contribution is -1.81. The molecule has 1 nitrogen and oxygen atoms in total. The van der Waals surface area contributed by atoms with Crippen molar-refractivity contribution < 1.29 is 4.74 Å². The van der Waals surface area contributed by atoms with E-state index in [0.29, 0.717) is 0 Å². The predicted octanol–water partition coefficient (Wildman–Crippen LogP) is 3.67. The van der Waals surface area contributed by atoms with Gasteiger partial charge in [0.25, 0.3) is 0 Å². The molecule has 0 aliphatic rings. The van der Waals surface area contributed by atoms with Crippen LogP contribution >= 0.6 is 27.3 Å². The van der Waals surface area contributed by atoms with Gasteiger partial charge in [-0.3, -0.25) is 0 Å². The van der Waals surface area contributed by atoms with Gasteiger partial charge >= 0.3 is 0 Å². The number of methoxy groups -OCH3 is 1. The van der Waals surface area contributed by atoms with Crippen molar-refractivity contribution in [2.45, 2.75) is 0 Å². The smallest absolute Gasteiger partial charge is 0.128 e. The Balaban J connectivity index is 2.84. The first-order chi connectivity index (χ1) is 5.83. The van der Waals surface area contributed by atoms with Gasteiger partial charge in [-0.05, 0) is 28.1 Å². The van der Waals surface area contributed by atoms with Crippen LogP contribution in [0, 0.1) is 0 Å². The lowest BCUT2D eigenvalue weighted by Gasteiger charge is -2.00. The third-order valence-corrected chi connectivity index (χ3v) is 3.61. The van der Waals surface area contributed by atoms with E-state index < -0.39 is 0 Å². The summed E-state index contributed by atoms with van der Waals surface area (Å²) in [6.45, 7) is 0. The van der Waals surface area contributed by atoms with Gasteiger partial charge in [0.05, 0.1) is 7.11 Å². The van der Waals surface area contributed by atoms with Crippen molar-refractivity contribution in [1.82, 2.24) is 0 Å². The van der Waals surface area contributed by atoms with Crippen molar-refractivity contribution in [2.75, 3.05) is 7.11 Å². The minimum Gasteiger partial charge on any atom is -0.496 e. The standard InChI is InChI=1S/C9H7BrOS/c1-11-7-3-2-4-8-9(7)6(10)5-12-8/h2-5H,1H3. The molecule has 0 N–H and O–H groups in total. The molecular formula is C9H7BrOS. The molecule has 0 fully saturated rings. The molecule has 1 heterocycles. The molecule has 2 aromatic rings. The van der Waals surface area contributed by atoms with Gasteiger partial charge in [-0.25, -0.2) is 0 Å². The van der Waals surface area contributed by atoms with Crippen LogP contribution in [0.15, 0.2) is 28.1 Å². The van der Waals surface area contributed by atoms with Crippen molar-refractivity contribution in [1.29, 1.82) is 0 Å². The number of rotatable bonds is 1. The molecule has 0 bridgehead atoms. The summed E-state index contributed by atoms with van der Waals surface area (Å²) in [4.78, 5) is 0. The van der Waals surface area contributed by atoms with Crippen molar-refractivity contribution in [3.63, 3.8) is 0 Å². The van der Waals surface area contributed by atoms with E-state index >= 15 is 0 Å². The van der Waals surface area contributed by atoms with E-state index in [0.717, 1.165) is 10.2 Å². The zero-order chi connectivity index (χ0) is 8.55. The molecule has 0 aliphatic heterocycles. The first kappa shape index (κ1) is 8.08. The van der Waals surface area contributed by atoms with Gasteiger partial charge in [0, 0.05) is 19.9 Å². The number of ether oxygens (including phenoxy) is 1. The summed E-state index contributed by atoms with van der Waals surface area (Å²) in [6.07, 6.45) is 0. The molecule has 3 heteroatoms. The second kappa shape index (κ2) is 3.07. The number of hydrogen-bond donors (Lipinski definition) is 0. The van der Waals surface area contributed by atoms with E-state index in [2.05, 4.69) is 27.4 Å². The highest BCUT2D eigenvalue weighted by atomic mass is 79.9. The monoisotopic (exact) mass is 242 g/mol. The summed E-state index contributed by atoms with van der Waals surface area (Å²) in [7, 11) is 1.69. The van der Waals surface area contributed by atoms with E-state index in [9.17, 15) is 0 Å². The average molecular weight is 243 g/mol.